The number of ether oxygens (including phenoxy) is 1. The van der Waals surface area contributed by atoms with E-state index in [1.807, 2.05) is 13.0 Å². The van der Waals surface area contributed by atoms with Crippen LogP contribution in [0, 0.1) is 0 Å². The molecule has 0 bridgehead atoms. The molecule has 0 spiro atoms. The van der Waals surface area contributed by atoms with Crippen LogP contribution in [0.15, 0.2) is 35.5 Å². The van der Waals surface area contributed by atoms with E-state index in [4.69, 9.17) is 9.57 Å². The van der Waals surface area contributed by atoms with E-state index in [0.717, 1.165) is 18.6 Å². The van der Waals surface area contributed by atoms with Gasteiger partial charge >= 0.3 is 5.97 Å². The lowest BCUT2D eigenvalue weighted by Gasteiger charge is -2.19. The van der Waals surface area contributed by atoms with Gasteiger partial charge in [0.05, 0.1) is 11.3 Å². The maximum Gasteiger partial charge on any atom is 0.338 e. The Morgan fingerprint density at radius 3 is 2.88 bits per heavy atom. The third kappa shape index (κ3) is 3.31. The van der Waals surface area contributed by atoms with Crippen molar-refractivity contribution in [3.63, 3.8) is 0 Å². The molecule has 1 aromatic carbocycles. The highest BCUT2D eigenvalue weighted by molar-refractivity contribution is 5.89. The number of nitrogens with zero attached hydrogens (tertiary/aromatic N) is 1. The van der Waals surface area contributed by atoms with E-state index in [0.29, 0.717) is 5.56 Å². The summed E-state index contributed by atoms with van der Waals surface area (Å²) in [5.74, 6) is -0.319. The van der Waals surface area contributed by atoms with E-state index in [1.54, 1.807) is 24.3 Å². The summed E-state index contributed by atoms with van der Waals surface area (Å²) in [4.78, 5) is 16.8. The second-order valence-electron chi connectivity index (χ2n) is 4.06. The van der Waals surface area contributed by atoms with Gasteiger partial charge in [0.2, 0.25) is 0 Å². The SMILES string of the molecule is CC1=NOC(COC(=O)c2ccccc2)CC1. The molecule has 0 aliphatic carbocycles. The fraction of sp³-hybridized carbons (Fsp3) is 0.385. The summed E-state index contributed by atoms with van der Waals surface area (Å²) in [7, 11) is 0. The van der Waals surface area contributed by atoms with E-state index in [1.165, 1.54) is 0 Å². The minimum Gasteiger partial charge on any atom is -0.458 e. The molecule has 90 valence electrons. The summed E-state index contributed by atoms with van der Waals surface area (Å²) in [5, 5.41) is 3.89. The van der Waals surface area contributed by atoms with Crippen molar-refractivity contribution in [2.75, 3.05) is 6.61 Å². The van der Waals surface area contributed by atoms with Gasteiger partial charge in [0.25, 0.3) is 0 Å². The van der Waals surface area contributed by atoms with Crippen LogP contribution >= 0.6 is 0 Å². The van der Waals surface area contributed by atoms with Crippen molar-refractivity contribution >= 4 is 11.7 Å². The van der Waals surface area contributed by atoms with Gasteiger partial charge in [-0.2, -0.15) is 0 Å². The van der Waals surface area contributed by atoms with Crippen molar-refractivity contribution in [2.24, 2.45) is 5.16 Å². The molecule has 17 heavy (non-hydrogen) atoms. The van der Waals surface area contributed by atoms with Crippen molar-refractivity contribution in [3.05, 3.63) is 35.9 Å². The zero-order valence-electron chi connectivity index (χ0n) is 9.76. The Morgan fingerprint density at radius 2 is 2.24 bits per heavy atom. The fourth-order valence-corrected chi connectivity index (χ4v) is 1.57. The van der Waals surface area contributed by atoms with Gasteiger partial charge in [0.15, 0.2) is 6.10 Å². The third-order valence-electron chi connectivity index (χ3n) is 2.60. The largest absolute Gasteiger partial charge is 0.458 e. The highest BCUT2D eigenvalue weighted by atomic mass is 16.7. The van der Waals surface area contributed by atoms with Crippen LogP contribution < -0.4 is 0 Å². The fourth-order valence-electron chi connectivity index (χ4n) is 1.57. The summed E-state index contributed by atoms with van der Waals surface area (Å²) in [6, 6.07) is 8.93. The van der Waals surface area contributed by atoms with Crippen molar-refractivity contribution in [1.29, 1.82) is 0 Å². The molecule has 0 N–H and O–H groups in total. The molecule has 0 radical (unpaired) electrons. The van der Waals surface area contributed by atoms with Crippen LogP contribution in [0.25, 0.3) is 0 Å². The molecule has 1 aromatic rings. The van der Waals surface area contributed by atoms with Crippen LogP contribution in [0.3, 0.4) is 0 Å². The average molecular weight is 233 g/mol. The topological polar surface area (TPSA) is 47.9 Å². The molecule has 1 atom stereocenters. The zero-order valence-corrected chi connectivity index (χ0v) is 9.76. The number of carbonyl (C=O) groups is 1. The maximum absolute atomic E-state index is 11.6. The minimum atomic E-state index is -0.319. The summed E-state index contributed by atoms with van der Waals surface area (Å²) in [5.41, 5.74) is 1.54. The first-order chi connectivity index (χ1) is 8.25. The Bertz CT molecular complexity index is 414. The lowest BCUT2D eigenvalue weighted by Crippen LogP contribution is -2.24. The molecule has 0 saturated carbocycles. The van der Waals surface area contributed by atoms with Crippen molar-refractivity contribution in [3.8, 4) is 0 Å². The Morgan fingerprint density at radius 1 is 1.47 bits per heavy atom. The number of rotatable bonds is 3. The molecule has 0 fully saturated rings. The Kier molecular flexibility index (Phi) is 3.75. The number of hydrogen-bond donors (Lipinski definition) is 0. The van der Waals surface area contributed by atoms with Gasteiger partial charge in [-0.1, -0.05) is 23.4 Å². The molecule has 1 aliphatic rings. The van der Waals surface area contributed by atoms with E-state index in [-0.39, 0.29) is 18.7 Å². The molecule has 2 rings (SSSR count). The van der Waals surface area contributed by atoms with Gasteiger partial charge in [-0.05, 0) is 31.9 Å². The normalized spacial score (nSPS) is 19.1. The quantitative estimate of drug-likeness (QED) is 0.753. The van der Waals surface area contributed by atoms with Crippen LogP contribution in [0.1, 0.15) is 30.1 Å². The molecule has 1 heterocycles. The lowest BCUT2D eigenvalue weighted by molar-refractivity contribution is -0.0145. The Hall–Kier alpha value is -1.84. The van der Waals surface area contributed by atoms with Gasteiger partial charge < -0.3 is 9.57 Å². The first-order valence-corrected chi connectivity index (χ1v) is 5.67. The number of oxime groups is 1. The number of carbonyl (C=O) groups excluding carboxylic acids is 1. The molecule has 4 nitrogen and oxygen atoms in total. The molecule has 0 amide bonds. The molecule has 0 aromatic heterocycles. The minimum absolute atomic E-state index is 0.119. The standard InChI is InChI=1S/C13H15NO3/c1-10-7-8-12(17-14-10)9-16-13(15)11-5-3-2-4-6-11/h2-6,12H,7-9H2,1H3. The van der Waals surface area contributed by atoms with E-state index >= 15 is 0 Å². The van der Waals surface area contributed by atoms with Crippen LogP contribution in [0.5, 0.6) is 0 Å². The molecule has 1 aliphatic heterocycles. The van der Waals surface area contributed by atoms with Crippen LogP contribution in [-0.2, 0) is 9.57 Å². The number of esters is 1. The van der Waals surface area contributed by atoms with E-state index in [2.05, 4.69) is 5.16 Å². The predicted molar refractivity (Wildman–Crippen MR) is 63.9 cm³/mol. The second kappa shape index (κ2) is 5.48. The molecular weight excluding hydrogens is 218 g/mol. The maximum atomic E-state index is 11.6. The van der Waals surface area contributed by atoms with Crippen LogP contribution in [0.2, 0.25) is 0 Å². The molecular formula is C13H15NO3. The van der Waals surface area contributed by atoms with Gasteiger partial charge in [-0.25, -0.2) is 4.79 Å². The summed E-state index contributed by atoms with van der Waals surface area (Å²) in [6.07, 6.45) is 1.62. The monoisotopic (exact) mass is 233 g/mol. The lowest BCUT2D eigenvalue weighted by atomic mass is 10.1. The van der Waals surface area contributed by atoms with Gasteiger partial charge in [0.1, 0.15) is 6.61 Å². The third-order valence-corrected chi connectivity index (χ3v) is 2.60. The second-order valence-corrected chi connectivity index (χ2v) is 4.06. The first-order valence-electron chi connectivity index (χ1n) is 5.67. The van der Waals surface area contributed by atoms with E-state index < -0.39 is 0 Å². The molecule has 0 saturated heterocycles. The first kappa shape index (κ1) is 11.6. The van der Waals surface area contributed by atoms with Crippen molar-refractivity contribution < 1.29 is 14.4 Å². The Balaban J connectivity index is 1.81. The zero-order chi connectivity index (χ0) is 12.1. The summed E-state index contributed by atoms with van der Waals surface area (Å²) in [6.45, 7) is 2.18. The van der Waals surface area contributed by atoms with Gasteiger partial charge in [-0.15, -0.1) is 0 Å². The van der Waals surface area contributed by atoms with Crippen molar-refractivity contribution in [2.45, 2.75) is 25.9 Å². The highest BCUT2D eigenvalue weighted by Gasteiger charge is 2.18. The predicted octanol–water partition coefficient (Wildman–Crippen LogP) is 2.40. The summed E-state index contributed by atoms with van der Waals surface area (Å²) >= 11 is 0. The Labute approximate surface area is 100 Å². The van der Waals surface area contributed by atoms with Gasteiger partial charge in [0, 0.05) is 0 Å². The highest BCUT2D eigenvalue weighted by Crippen LogP contribution is 2.12. The molecule has 1 unspecified atom stereocenters. The number of benzene rings is 1. The molecule has 4 heteroatoms. The average Bonchev–Trinajstić information content (AvgIpc) is 2.39. The van der Waals surface area contributed by atoms with Gasteiger partial charge in [-0.3, -0.25) is 0 Å². The van der Waals surface area contributed by atoms with Crippen LogP contribution in [-0.4, -0.2) is 24.4 Å². The van der Waals surface area contributed by atoms with Crippen LogP contribution in [0.4, 0.5) is 0 Å². The number of hydrogen-bond acceptors (Lipinski definition) is 4. The smallest absolute Gasteiger partial charge is 0.338 e. The van der Waals surface area contributed by atoms with E-state index in [9.17, 15) is 4.79 Å². The van der Waals surface area contributed by atoms with Crippen molar-refractivity contribution in [1.82, 2.24) is 0 Å². The summed E-state index contributed by atoms with van der Waals surface area (Å²) < 4.78 is 5.17.